The van der Waals surface area contributed by atoms with E-state index >= 15 is 4.39 Å². The summed E-state index contributed by atoms with van der Waals surface area (Å²) in [4.78, 5) is 11.1. The number of alkyl halides is 1. The van der Waals surface area contributed by atoms with Crippen LogP contribution in [-0.2, 0) is 12.1 Å². The van der Waals surface area contributed by atoms with Crippen molar-refractivity contribution >= 4 is 11.5 Å². The van der Waals surface area contributed by atoms with Gasteiger partial charge < -0.3 is 15.5 Å². The Labute approximate surface area is 183 Å². The van der Waals surface area contributed by atoms with E-state index in [0.717, 1.165) is 62.5 Å². The predicted octanol–water partition coefficient (Wildman–Crippen LogP) is 4.00. The number of anilines is 2. The largest absolute Gasteiger partial charge is 0.371 e. The van der Waals surface area contributed by atoms with E-state index in [1.165, 1.54) is 0 Å². The van der Waals surface area contributed by atoms with Gasteiger partial charge in [0.1, 0.15) is 6.33 Å². The Hall–Kier alpha value is -2.73. The van der Waals surface area contributed by atoms with Gasteiger partial charge in [-0.05, 0) is 41.9 Å². The van der Waals surface area contributed by atoms with Gasteiger partial charge in [-0.1, -0.05) is 49.4 Å². The quantitative estimate of drug-likeness (QED) is 0.767. The molecule has 2 fully saturated rings. The maximum absolute atomic E-state index is 16.6. The molecule has 2 saturated heterocycles. The lowest BCUT2D eigenvalue weighted by Crippen LogP contribution is -2.58. The highest BCUT2D eigenvalue weighted by Gasteiger charge is 2.42. The van der Waals surface area contributed by atoms with Crippen molar-refractivity contribution in [1.82, 2.24) is 15.3 Å². The summed E-state index contributed by atoms with van der Waals surface area (Å²) >= 11 is 0. The highest BCUT2D eigenvalue weighted by molar-refractivity contribution is 5.66. The second kappa shape index (κ2) is 8.08. The number of allylic oxidation sites excluding steroid dienone is 2. The molecule has 3 heterocycles. The summed E-state index contributed by atoms with van der Waals surface area (Å²) in [6.07, 6.45) is 13.7. The number of rotatable bonds is 5. The first-order valence-electron chi connectivity index (χ1n) is 11.3. The zero-order chi connectivity index (χ0) is 21.3. The molecule has 0 bridgehead atoms. The fourth-order valence-corrected chi connectivity index (χ4v) is 5.10. The molecule has 1 aliphatic carbocycles. The first-order chi connectivity index (χ1) is 15.1. The molecule has 2 unspecified atom stereocenters. The molecule has 1 spiro atoms. The Morgan fingerprint density at radius 3 is 2.74 bits per heavy atom. The molecular weight excluding hydrogens is 389 g/mol. The summed E-state index contributed by atoms with van der Waals surface area (Å²) in [7, 11) is 0. The van der Waals surface area contributed by atoms with E-state index in [0.29, 0.717) is 11.0 Å². The predicted molar refractivity (Wildman–Crippen MR) is 123 cm³/mol. The van der Waals surface area contributed by atoms with E-state index in [1.54, 1.807) is 24.7 Å². The average molecular weight is 420 g/mol. The highest BCUT2D eigenvalue weighted by Crippen LogP contribution is 2.41. The van der Waals surface area contributed by atoms with Crippen molar-refractivity contribution in [2.75, 3.05) is 36.4 Å². The first-order valence-corrected chi connectivity index (χ1v) is 11.3. The average Bonchev–Trinajstić information content (AvgIpc) is 2.80. The van der Waals surface area contributed by atoms with Gasteiger partial charge >= 0.3 is 0 Å². The van der Waals surface area contributed by atoms with Gasteiger partial charge in [0, 0.05) is 26.2 Å². The number of halogens is 1. The van der Waals surface area contributed by atoms with Crippen molar-refractivity contribution < 1.29 is 4.39 Å². The van der Waals surface area contributed by atoms with Gasteiger partial charge in [-0.25, -0.2) is 14.4 Å². The summed E-state index contributed by atoms with van der Waals surface area (Å²) in [5, 5.41) is 6.86. The maximum atomic E-state index is 16.6. The SMILES string of the molecule is CCc1ccccc1C1(F)C=CC=CC1Nc1cncnc1N1CCC2(CC1)CNC2. The van der Waals surface area contributed by atoms with Crippen molar-refractivity contribution in [3.05, 3.63) is 72.2 Å². The van der Waals surface area contributed by atoms with Crippen LogP contribution in [0.15, 0.2) is 61.1 Å². The molecule has 0 saturated carbocycles. The Morgan fingerprint density at radius 1 is 1.19 bits per heavy atom. The summed E-state index contributed by atoms with van der Waals surface area (Å²) in [5.74, 6) is 0.867. The number of nitrogens with one attached hydrogen (secondary N) is 2. The molecule has 31 heavy (non-hydrogen) atoms. The minimum atomic E-state index is -1.64. The maximum Gasteiger partial charge on any atom is 0.178 e. The first kappa shape index (κ1) is 20.2. The smallest absolute Gasteiger partial charge is 0.178 e. The molecule has 2 aliphatic heterocycles. The Kier molecular flexibility index (Phi) is 5.26. The van der Waals surface area contributed by atoms with E-state index < -0.39 is 11.7 Å². The number of hydrogen-bond donors (Lipinski definition) is 2. The van der Waals surface area contributed by atoms with E-state index in [9.17, 15) is 0 Å². The van der Waals surface area contributed by atoms with Crippen molar-refractivity contribution in [3.63, 3.8) is 0 Å². The van der Waals surface area contributed by atoms with Crippen molar-refractivity contribution in [3.8, 4) is 0 Å². The molecule has 2 N–H and O–H groups in total. The Bertz CT molecular complexity index is 989. The van der Waals surface area contributed by atoms with E-state index in [1.807, 2.05) is 36.4 Å². The van der Waals surface area contributed by atoms with Crippen LogP contribution in [-0.4, -0.2) is 42.2 Å². The second-order valence-corrected chi connectivity index (χ2v) is 9.00. The fourth-order valence-electron chi connectivity index (χ4n) is 5.10. The molecule has 5 rings (SSSR count). The van der Waals surface area contributed by atoms with E-state index in [2.05, 4.69) is 32.4 Å². The van der Waals surface area contributed by atoms with Crippen LogP contribution in [0.3, 0.4) is 0 Å². The van der Waals surface area contributed by atoms with E-state index in [-0.39, 0.29) is 0 Å². The zero-order valence-corrected chi connectivity index (χ0v) is 18.0. The lowest BCUT2D eigenvalue weighted by Gasteiger charge is -2.48. The lowest BCUT2D eigenvalue weighted by molar-refractivity contribution is 0.126. The highest BCUT2D eigenvalue weighted by atomic mass is 19.1. The number of piperidine rings is 1. The molecule has 6 heteroatoms. The monoisotopic (exact) mass is 419 g/mol. The molecule has 0 amide bonds. The molecule has 1 aromatic heterocycles. The van der Waals surface area contributed by atoms with E-state index in [4.69, 9.17) is 0 Å². The van der Waals surface area contributed by atoms with Crippen LogP contribution in [0.4, 0.5) is 15.9 Å². The number of aromatic nitrogens is 2. The Morgan fingerprint density at radius 2 is 2.00 bits per heavy atom. The molecule has 2 aromatic rings. The second-order valence-electron chi connectivity index (χ2n) is 9.00. The number of nitrogens with zero attached hydrogens (tertiary/aromatic N) is 3. The molecule has 3 aliphatic rings. The summed E-state index contributed by atoms with van der Waals surface area (Å²) in [5.41, 5.74) is 1.35. The van der Waals surface area contributed by atoms with Crippen molar-refractivity contribution in [2.24, 2.45) is 5.41 Å². The Balaban J connectivity index is 1.41. The van der Waals surface area contributed by atoms with Crippen LogP contribution in [0.1, 0.15) is 30.9 Å². The molecular formula is C25H30FN5. The van der Waals surface area contributed by atoms with Crippen molar-refractivity contribution in [2.45, 2.75) is 37.9 Å². The third-order valence-electron chi connectivity index (χ3n) is 7.14. The summed E-state index contributed by atoms with van der Waals surface area (Å²) in [6.45, 7) is 6.24. The third kappa shape index (κ3) is 3.63. The van der Waals surface area contributed by atoms with Crippen LogP contribution in [0.2, 0.25) is 0 Å². The van der Waals surface area contributed by atoms with Crippen LogP contribution in [0.5, 0.6) is 0 Å². The minimum Gasteiger partial charge on any atom is -0.371 e. The van der Waals surface area contributed by atoms with Gasteiger partial charge in [-0.15, -0.1) is 0 Å². The number of aryl methyl sites for hydroxylation is 1. The van der Waals surface area contributed by atoms with Gasteiger partial charge in [0.2, 0.25) is 0 Å². The third-order valence-corrected chi connectivity index (χ3v) is 7.14. The fraction of sp³-hybridized carbons (Fsp3) is 0.440. The van der Waals surface area contributed by atoms with Crippen LogP contribution >= 0.6 is 0 Å². The van der Waals surface area contributed by atoms with Crippen molar-refractivity contribution in [1.29, 1.82) is 0 Å². The van der Waals surface area contributed by atoms with Gasteiger partial charge in [-0.3, -0.25) is 0 Å². The van der Waals surface area contributed by atoms with Gasteiger partial charge in [-0.2, -0.15) is 0 Å². The van der Waals surface area contributed by atoms with Crippen LogP contribution < -0.4 is 15.5 Å². The molecule has 162 valence electrons. The van der Waals surface area contributed by atoms with Crippen LogP contribution in [0, 0.1) is 5.41 Å². The molecule has 1 aromatic carbocycles. The zero-order valence-electron chi connectivity index (χ0n) is 18.0. The van der Waals surface area contributed by atoms with Gasteiger partial charge in [0.25, 0.3) is 0 Å². The van der Waals surface area contributed by atoms with Gasteiger partial charge in [0.05, 0.1) is 17.9 Å². The lowest BCUT2D eigenvalue weighted by atomic mass is 9.73. The van der Waals surface area contributed by atoms with Crippen LogP contribution in [0.25, 0.3) is 0 Å². The normalized spacial score (nSPS) is 26.6. The molecule has 2 atom stereocenters. The molecule has 0 radical (unpaired) electrons. The number of hydrogen-bond acceptors (Lipinski definition) is 5. The number of benzene rings is 1. The minimum absolute atomic E-state index is 0.464. The summed E-state index contributed by atoms with van der Waals surface area (Å²) < 4.78 is 16.6. The van der Waals surface area contributed by atoms with Gasteiger partial charge in [0.15, 0.2) is 11.5 Å². The topological polar surface area (TPSA) is 53.1 Å². The summed E-state index contributed by atoms with van der Waals surface area (Å²) in [6, 6.07) is 7.25. The standard InChI is InChI=1S/C25H30FN5/c1-2-19-7-3-4-8-20(19)25(26)10-6-5-9-22(25)30-21-15-27-18-29-23(21)31-13-11-24(12-14-31)16-28-17-24/h3-10,15,18,22,28,30H,2,11-14,16-17H2,1H3. The molecule has 5 nitrogen and oxygen atoms in total.